The molecule has 0 aliphatic carbocycles. The third-order valence-corrected chi connectivity index (χ3v) is 18.4. The number of rotatable bonds is 24. The molecule has 35 nitrogen and oxygen atoms in total. The second kappa shape index (κ2) is 37.5. The van der Waals surface area contributed by atoms with Crippen molar-refractivity contribution in [3.63, 3.8) is 0 Å². The van der Waals surface area contributed by atoms with Crippen molar-refractivity contribution in [2.45, 2.75) is 215 Å². The number of hydrogen-bond donors (Lipinski definition) is 4. The maximum Gasteiger partial charge on any atom is 0.187 e. The van der Waals surface area contributed by atoms with Crippen LogP contribution in [-0.2, 0) is 147 Å². The van der Waals surface area contributed by atoms with Crippen LogP contribution in [0, 0.1) is 0 Å². The fourth-order valence-corrected chi connectivity index (χ4v) is 14.0. The quantitative estimate of drug-likeness (QED) is 0.0713. The van der Waals surface area contributed by atoms with Crippen molar-refractivity contribution in [3.8, 4) is 0 Å². The highest BCUT2D eigenvalue weighted by molar-refractivity contribution is 5.04. The van der Waals surface area contributed by atoms with Crippen LogP contribution in [0.25, 0.3) is 0 Å². The summed E-state index contributed by atoms with van der Waals surface area (Å²) >= 11 is 0. The Kier molecular flexibility index (Phi) is 31.2. The third-order valence-electron chi connectivity index (χ3n) is 18.4. The van der Waals surface area contributed by atoms with E-state index in [0.29, 0.717) is 0 Å². The molecule has 21 fully saturated rings. The first-order valence-corrected chi connectivity index (χ1v) is 31.1. The van der Waals surface area contributed by atoms with Gasteiger partial charge in [0.2, 0.25) is 0 Å². The van der Waals surface area contributed by atoms with Crippen LogP contribution < -0.4 is 0 Å². The van der Waals surface area contributed by atoms with Gasteiger partial charge in [-0.15, -0.1) is 0 Å². The highest BCUT2D eigenvalue weighted by Crippen LogP contribution is 2.42. The summed E-state index contributed by atoms with van der Waals surface area (Å²) in [4.78, 5) is 0. The summed E-state index contributed by atoms with van der Waals surface area (Å²) < 4.78 is 196. The van der Waals surface area contributed by atoms with E-state index in [1.165, 1.54) is 121 Å². The van der Waals surface area contributed by atoms with Crippen molar-refractivity contribution in [1.29, 1.82) is 0 Å². The lowest BCUT2D eigenvalue weighted by Gasteiger charge is -2.52. The van der Waals surface area contributed by atoms with Crippen LogP contribution >= 0.6 is 0 Å². The molecule has 21 aliphatic rings. The minimum absolute atomic E-state index is 0.0635. The lowest BCUT2D eigenvalue weighted by atomic mass is 9.94. The van der Waals surface area contributed by atoms with Crippen LogP contribution in [-0.4, -0.2) is 402 Å². The molecule has 0 aromatic heterocycles. The van der Waals surface area contributed by atoms with E-state index >= 15 is 0 Å². The van der Waals surface area contributed by atoms with Crippen molar-refractivity contribution in [1.82, 2.24) is 0 Å². The maximum atomic E-state index is 12.4. The van der Waals surface area contributed by atoms with Crippen molar-refractivity contribution in [2.24, 2.45) is 0 Å². The van der Waals surface area contributed by atoms with Gasteiger partial charge < -0.3 is 167 Å². The zero-order valence-corrected chi connectivity index (χ0v) is 56.6. The summed E-state index contributed by atoms with van der Waals surface area (Å²) in [5.74, 6) is 0. The van der Waals surface area contributed by atoms with Crippen LogP contribution in [0.15, 0.2) is 0 Å². The molecule has 35 heteroatoms. The fraction of sp³-hybridized carbons (Fsp3) is 1.00. The second-order valence-electron chi connectivity index (χ2n) is 23.6. The Balaban J connectivity index is 1.20. The second-order valence-corrected chi connectivity index (χ2v) is 23.6. The molecule has 550 valence electrons. The van der Waals surface area contributed by atoms with Crippen molar-refractivity contribution in [3.05, 3.63) is 0 Å². The predicted octanol–water partition coefficient (Wildman–Crippen LogP) is -4.11. The average molecular weight is 1370 g/mol. The van der Waals surface area contributed by atoms with E-state index in [0.717, 1.165) is 0 Å². The van der Waals surface area contributed by atoms with Crippen LogP contribution in [0.3, 0.4) is 0 Å². The van der Waals surface area contributed by atoms with E-state index < -0.39 is 222 Å². The van der Waals surface area contributed by atoms with Gasteiger partial charge in [-0.05, 0) is 0 Å². The van der Waals surface area contributed by atoms with Crippen LogP contribution in [0.2, 0.25) is 0 Å². The summed E-state index contributed by atoms with van der Waals surface area (Å²) in [7, 11) is 24.6. The van der Waals surface area contributed by atoms with Gasteiger partial charge in [-0.25, -0.2) is 0 Å². The van der Waals surface area contributed by atoms with Crippen LogP contribution in [0.1, 0.15) is 0 Å². The Morgan fingerprint density at radius 2 is 0.394 bits per heavy atom. The molecule has 21 aliphatic heterocycles. The van der Waals surface area contributed by atoms with E-state index in [1.807, 2.05) is 0 Å². The molecule has 4 N–H and O–H groups in total. The lowest BCUT2D eigenvalue weighted by molar-refractivity contribution is -0.402. The molecule has 0 aromatic carbocycles. The Morgan fingerprint density at radius 3 is 0.617 bits per heavy atom. The predicted molar refractivity (Wildman–Crippen MR) is 310 cm³/mol. The van der Waals surface area contributed by atoms with Gasteiger partial charge in [0.25, 0.3) is 0 Å². The van der Waals surface area contributed by atoms with Gasteiger partial charge in [0.05, 0.1) is 46.2 Å². The van der Waals surface area contributed by atoms with Crippen LogP contribution in [0.4, 0.5) is 0 Å². The number of ether oxygens (including phenoxy) is 31. The van der Waals surface area contributed by atoms with Gasteiger partial charge in [0, 0.05) is 121 Å². The fourth-order valence-electron chi connectivity index (χ4n) is 14.0. The minimum Gasteiger partial charge on any atom is -0.394 e. The average Bonchev–Trinajstić information content (AvgIpc) is 0.776. The topological polar surface area (TPSA) is 367 Å². The van der Waals surface area contributed by atoms with Gasteiger partial charge in [-0.1, -0.05) is 0 Å². The number of methoxy groups -OCH3 is 17. The lowest BCUT2D eigenvalue weighted by Crippen LogP contribution is -2.69. The summed E-state index contributed by atoms with van der Waals surface area (Å²) in [6.07, 6.45) is -42.7. The van der Waals surface area contributed by atoms with Crippen molar-refractivity contribution < 1.29 is 167 Å². The van der Waals surface area contributed by atoms with Gasteiger partial charge in [-0.2, -0.15) is 0 Å². The number of aliphatic hydroxyl groups excluding tert-OH is 4. The molecule has 14 bridgehead atoms. The molecule has 94 heavy (non-hydrogen) atoms. The highest BCUT2D eigenvalue weighted by atomic mass is 16.8. The van der Waals surface area contributed by atoms with E-state index in [2.05, 4.69) is 0 Å². The van der Waals surface area contributed by atoms with Crippen molar-refractivity contribution >= 4 is 0 Å². The molecule has 0 aromatic rings. The van der Waals surface area contributed by atoms with Gasteiger partial charge >= 0.3 is 0 Å². The van der Waals surface area contributed by atoms with Crippen LogP contribution in [0.5, 0.6) is 0 Å². The molecular formula is C59H104O35. The van der Waals surface area contributed by atoms with Gasteiger partial charge in [0.15, 0.2) is 44.0 Å². The summed E-state index contributed by atoms with van der Waals surface area (Å²) in [6.45, 7) is -1.46. The molecular weight excluding hydrogens is 1270 g/mol. The number of aliphatic hydroxyl groups is 4. The zero-order valence-electron chi connectivity index (χ0n) is 56.6. The normalized spacial score (nSPS) is 47.5. The van der Waals surface area contributed by atoms with E-state index in [-0.39, 0.29) is 39.6 Å². The Morgan fingerprint density at radius 1 is 0.202 bits per heavy atom. The first-order chi connectivity index (χ1) is 45.6. The standard InChI is InChI=1S/C59H104O35/c1-64-19-26-36-34(63)42(70-7)54(82-26)88-35-25(18-60)81-53(33(62)32(35)61)90-37-27(20-65-2)84-56(49(77-14)43(37)71-8)92-39-29(22-67-4)86-58(51(79-16)45(39)73-10)94-41-31(24-69-6)87-59(52(80-17)47(41)75-12)93-40-30(23-68-5)85-57(50(78-15)46(40)74-11)91-38-28(21-66-3)83-55(89-36)48(76-13)44(38)72-9/h25-63H,18-24H2,1-17H3/t25-,26-,27-,28-,29-,30-,31-,32-,33-,34+,35-,36-,37-,38-,39-,40-,41-,42-,43+,44+,45+,46+,47+,48-,49-,50-,51-,52-,53-,54-,55-,56-,57-,58-,59-/m1/s1. The molecule has 0 unspecified atom stereocenters. The molecule has 21 rings (SSSR count). The SMILES string of the molecule is COC[C@H]1O[C@@H]2O[C@H]3[C@H](O)[C@@H](O)[C@@H](O[C@H]4[C@H](OC)[C@@H](OC)[C@@H](O[C@H]5[C@H](OC)[C@@H](OC)[C@@H](O[C@H]6[C@H](OC)[C@@H](OC)[C@@H](O[C@H]7[C@H](OC)[C@@H](OC)[C@@H](O[C@H]8[C@H](OC)[C@@H](OC)[C@@H](O[C@H]1[C@H](O)[C@H]2OC)O[C@@H]8COC)O[C@@H]7COC)O[C@@H]6COC)O[C@@H]5COC)O[C@@H]4COC)O[C@@H]3CO. The molecule has 35 atom stereocenters. The van der Waals surface area contributed by atoms with E-state index in [9.17, 15) is 20.4 Å². The third kappa shape index (κ3) is 16.7. The smallest absolute Gasteiger partial charge is 0.187 e. The monoisotopic (exact) mass is 1370 g/mol. The molecule has 21 heterocycles. The summed E-state index contributed by atoms with van der Waals surface area (Å²) in [6, 6.07) is 0. The first kappa shape index (κ1) is 78.3. The zero-order chi connectivity index (χ0) is 68.1. The Hall–Kier alpha value is -1.40. The van der Waals surface area contributed by atoms with E-state index in [4.69, 9.17) is 147 Å². The first-order valence-electron chi connectivity index (χ1n) is 31.1. The summed E-state index contributed by atoms with van der Waals surface area (Å²) in [5, 5.41) is 47.4. The molecule has 0 amide bonds. The number of hydrogen-bond acceptors (Lipinski definition) is 35. The van der Waals surface area contributed by atoms with Gasteiger partial charge in [-0.3, -0.25) is 0 Å². The van der Waals surface area contributed by atoms with Gasteiger partial charge in [0.1, 0.15) is 171 Å². The van der Waals surface area contributed by atoms with Crippen molar-refractivity contribution in [2.75, 3.05) is 167 Å². The minimum atomic E-state index is -1.89. The highest BCUT2D eigenvalue weighted by Gasteiger charge is 2.62. The molecule has 21 saturated heterocycles. The largest absolute Gasteiger partial charge is 0.394 e. The molecule has 0 saturated carbocycles. The molecule has 0 radical (unpaired) electrons. The Bertz CT molecular complexity index is 2130. The molecule has 0 spiro atoms. The summed E-state index contributed by atoms with van der Waals surface area (Å²) in [5.41, 5.74) is 0. The maximum absolute atomic E-state index is 12.4. The van der Waals surface area contributed by atoms with E-state index in [1.54, 1.807) is 0 Å². The Labute approximate surface area is 548 Å².